The van der Waals surface area contributed by atoms with Crippen LogP contribution in [0.3, 0.4) is 0 Å². The predicted octanol–water partition coefficient (Wildman–Crippen LogP) is 3.98. The Morgan fingerprint density at radius 3 is 2.70 bits per heavy atom. The van der Waals surface area contributed by atoms with Gasteiger partial charge in [0, 0.05) is 22.9 Å². The monoisotopic (exact) mass is 313 g/mol. The van der Waals surface area contributed by atoms with Gasteiger partial charge in [-0.25, -0.2) is 0 Å². The van der Waals surface area contributed by atoms with Crippen molar-refractivity contribution < 1.29 is 5.11 Å². The Morgan fingerprint density at radius 1 is 1.35 bits per heavy atom. The van der Waals surface area contributed by atoms with Crippen LogP contribution in [0.1, 0.15) is 37.9 Å². The lowest BCUT2D eigenvalue weighted by molar-refractivity contribution is 0.105. The molecule has 0 aromatic heterocycles. The highest BCUT2D eigenvalue weighted by Gasteiger charge is 2.28. The molecule has 0 bridgehead atoms. The van der Waals surface area contributed by atoms with Crippen molar-refractivity contribution in [3.63, 3.8) is 0 Å². The molecule has 1 aliphatic rings. The van der Waals surface area contributed by atoms with Gasteiger partial charge in [-0.05, 0) is 49.8 Å². The van der Waals surface area contributed by atoms with Crippen LogP contribution in [-0.2, 0) is 0 Å². The van der Waals surface area contributed by atoms with Crippen molar-refractivity contribution in [1.82, 2.24) is 4.90 Å². The fourth-order valence-electron chi connectivity index (χ4n) is 2.92. The first-order valence-corrected chi connectivity index (χ1v) is 8.78. The Hall–Kier alpha value is -0.220. The van der Waals surface area contributed by atoms with Crippen LogP contribution in [0, 0.1) is 0 Å². The Bertz CT molecular complexity index is 411. The summed E-state index contributed by atoms with van der Waals surface area (Å²) in [7, 11) is 2.13. The summed E-state index contributed by atoms with van der Waals surface area (Å²) in [5.41, 5.74) is 0.943. The van der Waals surface area contributed by atoms with Crippen molar-refractivity contribution in [2.45, 2.75) is 43.6 Å². The van der Waals surface area contributed by atoms with Crippen LogP contribution in [0.2, 0.25) is 5.02 Å². The van der Waals surface area contributed by atoms with E-state index in [9.17, 15) is 5.11 Å². The number of aliphatic hydroxyl groups is 1. The molecule has 1 aromatic rings. The van der Waals surface area contributed by atoms with Crippen LogP contribution in [0.4, 0.5) is 0 Å². The highest BCUT2D eigenvalue weighted by Crippen LogP contribution is 2.32. The smallest absolute Gasteiger partial charge is 0.0916 e. The van der Waals surface area contributed by atoms with Gasteiger partial charge in [0.1, 0.15) is 0 Å². The molecule has 3 atom stereocenters. The average Bonchev–Trinajstić information content (AvgIpc) is 2.88. The maximum atomic E-state index is 10.3. The summed E-state index contributed by atoms with van der Waals surface area (Å²) in [5.74, 6) is 1.20. The summed E-state index contributed by atoms with van der Waals surface area (Å²) >= 11 is 7.95. The second-order valence-electron chi connectivity index (χ2n) is 5.55. The molecule has 1 N–H and O–H groups in total. The molecule has 1 saturated carbocycles. The maximum Gasteiger partial charge on any atom is 0.0916 e. The van der Waals surface area contributed by atoms with Crippen molar-refractivity contribution in [3.05, 3.63) is 34.9 Å². The molecule has 0 saturated heterocycles. The van der Waals surface area contributed by atoms with Crippen molar-refractivity contribution in [2.24, 2.45) is 0 Å². The molecule has 2 rings (SSSR count). The number of aliphatic hydroxyl groups excluding tert-OH is 1. The number of hydrogen-bond acceptors (Lipinski definition) is 3. The number of halogens is 1. The van der Waals surface area contributed by atoms with Gasteiger partial charge in [0.25, 0.3) is 0 Å². The summed E-state index contributed by atoms with van der Waals surface area (Å²) in [6.07, 6.45) is 3.38. The molecule has 1 fully saturated rings. The highest BCUT2D eigenvalue weighted by molar-refractivity contribution is 7.99. The van der Waals surface area contributed by atoms with Crippen LogP contribution in [-0.4, -0.2) is 40.6 Å². The third kappa shape index (κ3) is 4.39. The molecule has 2 nitrogen and oxygen atoms in total. The zero-order chi connectivity index (χ0) is 14.5. The van der Waals surface area contributed by atoms with E-state index in [-0.39, 0.29) is 0 Å². The Morgan fingerprint density at radius 2 is 2.05 bits per heavy atom. The van der Waals surface area contributed by atoms with Crippen LogP contribution in [0.5, 0.6) is 0 Å². The van der Waals surface area contributed by atoms with Crippen LogP contribution < -0.4 is 0 Å². The van der Waals surface area contributed by atoms with Gasteiger partial charge in [-0.1, -0.05) is 30.7 Å². The number of thioether (sulfide) groups is 1. The molecular formula is C16H24ClNOS. The van der Waals surface area contributed by atoms with E-state index >= 15 is 0 Å². The van der Waals surface area contributed by atoms with E-state index < -0.39 is 6.10 Å². The van der Waals surface area contributed by atoms with Crippen molar-refractivity contribution in [2.75, 3.05) is 19.3 Å². The van der Waals surface area contributed by atoms with Crippen molar-refractivity contribution in [1.29, 1.82) is 0 Å². The normalized spacial score (nSPS) is 24.2. The molecule has 0 unspecified atom stereocenters. The third-order valence-corrected chi connectivity index (χ3v) is 5.58. The Labute approximate surface area is 131 Å². The van der Waals surface area contributed by atoms with Gasteiger partial charge in [0.2, 0.25) is 0 Å². The summed E-state index contributed by atoms with van der Waals surface area (Å²) in [6.45, 7) is 2.92. The molecular weight excluding hydrogens is 290 g/mol. The van der Waals surface area contributed by atoms with Gasteiger partial charge in [0.05, 0.1) is 6.10 Å². The lowest BCUT2D eigenvalue weighted by atomic mass is 10.1. The first-order valence-electron chi connectivity index (χ1n) is 7.35. The van der Waals surface area contributed by atoms with E-state index in [2.05, 4.69) is 30.6 Å². The number of likely N-dealkylation sites (N-methyl/N-ethyl adjacent to an activating group) is 1. The molecule has 20 heavy (non-hydrogen) atoms. The van der Waals surface area contributed by atoms with Gasteiger partial charge in [-0.15, -0.1) is 0 Å². The lowest BCUT2D eigenvalue weighted by Gasteiger charge is -2.27. The van der Waals surface area contributed by atoms with E-state index in [1.165, 1.54) is 25.0 Å². The van der Waals surface area contributed by atoms with Crippen molar-refractivity contribution in [3.8, 4) is 0 Å². The maximum absolute atomic E-state index is 10.3. The fourth-order valence-corrected chi connectivity index (χ4v) is 4.18. The second kappa shape index (κ2) is 7.69. The molecule has 0 heterocycles. The number of rotatable bonds is 6. The number of nitrogens with zero attached hydrogens (tertiary/aromatic N) is 1. The molecule has 1 aliphatic carbocycles. The van der Waals surface area contributed by atoms with Gasteiger partial charge in [-0.2, -0.15) is 11.8 Å². The molecule has 0 radical (unpaired) electrons. The zero-order valence-corrected chi connectivity index (χ0v) is 13.8. The molecule has 1 aromatic carbocycles. The summed E-state index contributed by atoms with van der Waals surface area (Å²) in [4.78, 5) is 2.31. The average molecular weight is 314 g/mol. The second-order valence-corrected chi connectivity index (χ2v) is 7.56. The predicted molar refractivity (Wildman–Crippen MR) is 88.6 cm³/mol. The quantitative estimate of drug-likeness (QED) is 0.859. The third-order valence-electron chi connectivity index (χ3n) is 4.10. The standard InChI is InChI=1S/C16H24ClNOS/c1-3-20-15-9-8-14(10-15)18(2)11-16(19)12-4-6-13(17)7-5-12/h4-7,14-16,19H,3,8-11H2,1-2H3/t14-,15+,16-/m0/s1. The fraction of sp³-hybridized carbons (Fsp3) is 0.625. The Balaban J connectivity index is 1.85. The van der Waals surface area contributed by atoms with E-state index in [0.717, 1.165) is 10.8 Å². The molecule has 0 spiro atoms. The van der Waals surface area contributed by atoms with Gasteiger partial charge in [-0.3, -0.25) is 0 Å². The first kappa shape index (κ1) is 16.2. The van der Waals surface area contributed by atoms with E-state index in [0.29, 0.717) is 17.6 Å². The zero-order valence-electron chi connectivity index (χ0n) is 12.3. The minimum Gasteiger partial charge on any atom is -0.387 e. The Kier molecular flexibility index (Phi) is 6.21. The molecule has 4 heteroatoms. The van der Waals surface area contributed by atoms with Gasteiger partial charge >= 0.3 is 0 Å². The first-order chi connectivity index (χ1) is 9.60. The summed E-state index contributed by atoms with van der Waals surface area (Å²) in [6, 6.07) is 8.10. The van der Waals surface area contributed by atoms with E-state index in [1.54, 1.807) is 0 Å². The molecule has 0 aliphatic heterocycles. The number of benzene rings is 1. The van der Waals surface area contributed by atoms with Crippen LogP contribution >= 0.6 is 23.4 Å². The van der Waals surface area contributed by atoms with Crippen LogP contribution in [0.15, 0.2) is 24.3 Å². The molecule has 0 amide bonds. The summed E-state index contributed by atoms with van der Waals surface area (Å²) in [5, 5.41) is 11.8. The highest BCUT2D eigenvalue weighted by atomic mass is 35.5. The SMILES string of the molecule is CCS[C@@H]1CC[C@H](N(C)C[C@H](O)c2ccc(Cl)cc2)C1. The lowest BCUT2D eigenvalue weighted by Crippen LogP contribution is -2.33. The minimum absolute atomic E-state index is 0.435. The molecule has 112 valence electrons. The van der Waals surface area contributed by atoms with Gasteiger partial charge in [0.15, 0.2) is 0 Å². The van der Waals surface area contributed by atoms with E-state index in [1.807, 2.05) is 24.3 Å². The van der Waals surface area contributed by atoms with Crippen LogP contribution in [0.25, 0.3) is 0 Å². The van der Waals surface area contributed by atoms with Crippen molar-refractivity contribution >= 4 is 23.4 Å². The summed E-state index contributed by atoms with van der Waals surface area (Å²) < 4.78 is 0. The van der Waals surface area contributed by atoms with E-state index in [4.69, 9.17) is 11.6 Å². The largest absolute Gasteiger partial charge is 0.387 e. The minimum atomic E-state index is -0.435. The number of hydrogen-bond donors (Lipinski definition) is 1. The van der Waals surface area contributed by atoms with Gasteiger partial charge < -0.3 is 10.0 Å². The topological polar surface area (TPSA) is 23.5 Å².